The number of nitrogens with zero attached hydrogens (tertiary/aromatic N) is 14. The highest BCUT2D eigenvalue weighted by molar-refractivity contribution is 8.07. The summed E-state index contributed by atoms with van der Waals surface area (Å²) < 4.78 is 101. The molecular weight excluding hydrogens is 1430 g/mol. The normalized spacial score (nSPS) is 33.1. The molecule has 0 saturated carbocycles. The van der Waals surface area contributed by atoms with Gasteiger partial charge in [0.05, 0.1) is 76.7 Å². The summed E-state index contributed by atoms with van der Waals surface area (Å²) in [5.74, 6) is -0.309. The van der Waals surface area contributed by atoms with E-state index in [1.165, 1.54) is 58.8 Å². The largest absolute Gasteiger partial charge is 0.387 e. The highest BCUT2D eigenvalue weighted by atomic mass is 32.5. The molecular formula is C53H70N19O21P3S3. The number of rotatable bonds is 28. The number of hydrogen-bond donors (Lipinski definition) is 9. The Morgan fingerprint density at radius 2 is 1.12 bits per heavy atom. The van der Waals surface area contributed by atoms with Gasteiger partial charge in [-0.2, -0.15) is 4.98 Å². The molecule has 0 aliphatic carbocycles. The van der Waals surface area contributed by atoms with E-state index in [1.54, 1.807) is 32.4 Å². The Morgan fingerprint density at radius 3 is 1.77 bits per heavy atom. The fraction of sp³-hybridized carbons (Fsp3) is 0.623. The van der Waals surface area contributed by atoms with E-state index in [1.807, 2.05) is 6.92 Å². The molecule has 8 aromatic heterocycles. The summed E-state index contributed by atoms with van der Waals surface area (Å²) in [7, 11) is 3.02. The monoisotopic (exact) mass is 1500 g/mol. The van der Waals surface area contributed by atoms with Gasteiger partial charge >= 0.3 is 20.2 Å². The highest BCUT2D eigenvalue weighted by Gasteiger charge is 2.70. The summed E-state index contributed by atoms with van der Waals surface area (Å²) in [6, 6.07) is 0. The number of fused-ring (bicyclic) bond motifs is 8. The number of nitrogens with two attached hydrogens (primary N) is 3. The van der Waals surface area contributed by atoms with Gasteiger partial charge in [0.15, 0.2) is 63.9 Å². The van der Waals surface area contributed by atoms with E-state index in [0.29, 0.717) is 31.7 Å². The molecule has 0 aromatic carbocycles. The maximum atomic E-state index is 12.9. The third-order valence-corrected chi connectivity index (χ3v) is 23.1. The number of hydrogen-bond acceptors (Lipinski definition) is 34. The first-order valence-electron chi connectivity index (χ1n) is 31.0. The van der Waals surface area contributed by atoms with Crippen molar-refractivity contribution < 1.29 is 89.6 Å². The average Bonchev–Trinajstić information content (AvgIpc) is 1.55. The first-order chi connectivity index (χ1) is 47.3. The predicted octanol–water partition coefficient (Wildman–Crippen LogP) is 0.593. The zero-order valence-electron chi connectivity index (χ0n) is 53.4. The SMILES string of the molecule is CC[C@H]1O[C@@H](n2cnc3c(=O)[nH]c(N)nc32)C(CCCOC)[C@H]1OP(O)(=S)OC[C@]12O[C@@H](n3cnc4c(N)ncnc43)C(O[C@H]1C)[C@H]2OP(O)(=S)OC[C@H]1O[C@@H](n2cnc3c(N)ncnc32)C(OCCOC)[C@H]1OP(O)(=S)OC[C@]12O[C@@H](n3cnc4c(=O)[nH]c(C)nc43)C(O[C@H]1C)[C@H]2O. The molecule has 4 bridgehead atoms. The number of ether oxygens (including phenoxy) is 9. The van der Waals surface area contributed by atoms with Crippen LogP contribution in [0.4, 0.5) is 17.6 Å². The molecule has 8 aromatic rings. The van der Waals surface area contributed by atoms with Crippen LogP contribution in [0.15, 0.2) is 47.6 Å². The number of aliphatic hydroxyl groups is 1. The van der Waals surface area contributed by atoms with E-state index in [2.05, 4.69) is 59.8 Å². The maximum absolute atomic E-state index is 12.9. The van der Waals surface area contributed by atoms with Gasteiger partial charge in [-0.25, -0.2) is 44.9 Å². The molecule has 536 valence electrons. The Bertz CT molecular complexity index is 4630. The molecule has 14 heterocycles. The van der Waals surface area contributed by atoms with Crippen molar-refractivity contribution in [3.63, 3.8) is 0 Å². The van der Waals surface area contributed by atoms with E-state index >= 15 is 0 Å². The molecule has 46 heteroatoms. The summed E-state index contributed by atoms with van der Waals surface area (Å²) in [6.45, 7) is -8.51. The molecule has 0 amide bonds. The van der Waals surface area contributed by atoms with Crippen LogP contribution in [0.1, 0.15) is 70.8 Å². The fourth-order valence-electron chi connectivity index (χ4n) is 13.8. The number of aromatic nitrogens is 16. The number of aliphatic hydroxyl groups excluding tert-OH is 1. The minimum Gasteiger partial charge on any atom is -0.387 e. The number of methoxy groups -OCH3 is 2. The minimum atomic E-state index is -4.66. The first kappa shape index (κ1) is 70.4. The summed E-state index contributed by atoms with van der Waals surface area (Å²) in [5.41, 5.74) is 15.1. The number of aryl methyl sites for hydroxylation is 1. The molecule has 0 spiro atoms. The fourth-order valence-corrected chi connectivity index (χ4v) is 18.1. The minimum absolute atomic E-state index is 0.0231. The van der Waals surface area contributed by atoms with Gasteiger partial charge in [0.2, 0.25) is 5.95 Å². The third kappa shape index (κ3) is 12.7. The standard InChI is InChI=1S/C53H70N19O21P3S3/c1-7-26-32(25(9-8-10-79-5)47(87-26)71-20-63-31-44(71)67-51(56)68-46(31)75)91-95(77,98)84-15-53-23(3)86-36(50(90-53)70-19-62-29-40(55)58-17-60-42(29)70)38(53)93-94(76,97)82-13-27-33(34(81-12-11-80-6)48(88-27)69-18-61-28-39(54)57-16-59-41(28)69)92-96(78,99)83-14-52-22(2)85-35(37(52)73)49(89-52)72-21-64-30-43(72)65-24(4)66-45(30)74/h16-23,25-27,32-38,47-50,73H,7-15H2,1-6H3,(H,76,97)(H,77,98)(H,78,99)(H2,54,57,59)(H2,55,58,60)(H,65,66,74)(H3,56,67,68,75)/t22-,23-,25?,26+,27+,32+,33-,34?,35?,36?,37+,38+,47+,48+,49+,50+,52-,53-,94?,95?,96?/m0/s1. The van der Waals surface area contributed by atoms with Crippen LogP contribution < -0.4 is 28.3 Å². The summed E-state index contributed by atoms with van der Waals surface area (Å²) >= 11 is 17.5. The van der Waals surface area contributed by atoms with Crippen molar-refractivity contribution in [2.24, 2.45) is 5.92 Å². The quantitative estimate of drug-likeness (QED) is 0.0239. The van der Waals surface area contributed by atoms with Crippen molar-refractivity contribution in [1.29, 1.82) is 0 Å². The number of H-pyrrole nitrogens is 2. The van der Waals surface area contributed by atoms with Crippen LogP contribution in [0.5, 0.6) is 0 Å². The molecule has 7 unspecified atom stereocenters. The zero-order valence-corrected chi connectivity index (χ0v) is 58.5. The molecule has 6 saturated heterocycles. The van der Waals surface area contributed by atoms with Gasteiger partial charge in [0.1, 0.15) is 95.8 Å². The maximum Gasteiger partial charge on any atom is 0.325 e. The second-order valence-corrected chi connectivity index (χ2v) is 32.7. The van der Waals surface area contributed by atoms with Crippen LogP contribution in [0.2, 0.25) is 0 Å². The van der Waals surface area contributed by atoms with Crippen LogP contribution in [-0.2, 0) is 105 Å². The number of nitrogen functional groups attached to an aromatic ring is 3. The van der Waals surface area contributed by atoms with Crippen molar-refractivity contribution in [2.75, 3.05) is 71.1 Å². The number of nitrogens with one attached hydrogen (secondary N) is 2. The smallest absolute Gasteiger partial charge is 0.325 e. The molecule has 14 rings (SSSR count). The van der Waals surface area contributed by atoms with E-state index in [9.17, 15) is 29.4 Å². The molecule has 40 nitrogen and oxygen atoms in total. The Kier molecular flexibility index (Phi) is 19.4. The topological polar surface area (TPSA) is 512 Å². The average molecular weight is 1500 g/mol. The molecule has 0 radical (unpaired) electrons. The van der Waals surface area contributed by atoms with Crippen molar-refractivity contribution in [3.8, 4) is 0 Å². The van der Waals surface area contributed by atoms with E-state index in [-0.39, 0.29) is 75.5 Å². The molecule has 21 atom stereocenters. The van der Waals surface area contributed by atoms with Crippen LogP contribution in [0, 0.1) is 12.8 Å². The molecule has 6 fully saturated rings. The van der Waals surface area contributed by atoms with Crippen LogP contribution >= 0.6 is 20.2 Å². The van der Waals surface area contributed by atoms with Crippen LogP contribution in [0.3, 0.4) is 0 Å². The summed E-state index contributed by atoms with van der Waals surface area (Å²) in [6.07, 6.45) is -7.76. The lowest BCUT2D eigenvalue weighted by molar-refractivity contribution is -0.215. The second kappa shape index (κ2) is 27.2. The molecule has 6 aliphatic heterocycles. The highest BCUT2D eigenvalue weighted by Crippen LogP contribution is 2.61. The Hall–Kier alpha value is -5.61. The third-order valence-electron chi connectivity index (χ3n) is 18.5. The summed E-state index contributed by atoms with van der Waals surface area (Å²) in [5, 5.41) is 11.9. The second-order valence-electron chi connectivity index (χ2n) is 24.4. The van der Waals surface area contributed by atoms with Gasteiger partial charge in [-0.3, -0.25) is 41.9 Å². The molecule has 6 aliphatic rings. The summed E-state index contributed by atoms with van der Waals surface area (Å²) in [4.78, 5) is 111. The van der Waals surface area contributed by atoms with Gasteiger partial charge in [0, 0.05) is 26.7 Å². The number of imidazole rings is 4. The number of anilines is 3. The van der Waals surface area contributed by atoms with Crippen molar-refractivity contribution >= 4 is 118 Å². The van der Waals surface area contributed by atoms with Gasteiger partial charge in [-0.1, -0.05) is 6.92 Å². The van der Waals surface area contributed by atoms with Crippen LogP contribution in [0.25, 0.3) is 44.7 Å². The van der Waals surface area contributed by atoms with Gasteiger partial charge in [0.25, 0.3) is 11.1 Å². The molecule has 99 heavy (non-hydrogen) atoms. The lowest BCUT2D eigenvalue weighted by atomic mass is 9.93. The van der Waals surface area contributed by atoms with Gasteiger partial charge < -0.3 is 103 Å². The van der Waals surface area contributed by atoms with Crippen molar-refractivity contribution in [2.45, 2.75) is 150 Å². The predicted molar refractivity (Wildman–Crippen MR) is 352 cm³/mol. The number of aromatic amines is 2. The lowest BCUT2D eigenvalue weighted by Gasteiger charge is -2.37. The van der Waals surface area contributed by atoms with Gasteiger partial charge in [-0.05, 0) is 75.5 Å². The first-order valence-corrected chi connectivity index (χ1v) is 38.8. The van der Waals surface area contributed by atoms with Crippen molar-refractivity contribution in [3.05, 3.63) is 64.5 Å². The van der Waals surface area contributed by atoms with E-state index < -0.39 is 160 Å². The lowest BCUT2D eigenvalue weighted by Crippen LogP contribution is -2.50. The Labute approximate surface area is 574 Å². The van der Waals surface area contributed by atoms with Crippen molar-refractivity contribution in [1.82, 2.24) is 78.1 Å². The van der Waals surface area contributed by atoms with Gasteiger partial charge in [-0.15, -0.1) is 0 Å². The van der Waals surface area contributed by atoms with E-state index in [4.69, 9.17) is 122 Å². The molecule has 12 N–H and O–H groups in total. The Morgan fingerprint density at radius 1 is 0.596 bits per heavy atom. The Balaban J connectivity index is 0.746. The zero-order chi connectivity index (χ0) is 69.8. The van der Waals surface area contributed by atoms with Crippen LogP contribution in [-0.4, -0.2) is 230 Å². The van der Waals surface area contributed by atoms with E-state index in [0.717, 1.165) is 0 Å².